The van der Waals surface area contributed by atoms with Crippen LogP contribution in [0.2, 0.25) is 15.1 Å². The maximum atomic E-state index is 13.4. The normalized spacial score (nSPS) is 19.5. The zero-order chi connectivity index (χ0) is 23.1. The molecule has 0 saturated heterocycles. The van der Waals surface area contributed by atoms with Crippen molar-refractivity contribution in [3.8, 4) is 0 Å². The summed E-state index contributed by atoms with van der Waals surface area (Å²) in [5, 5.41) is 10.1. The number of halogens is 3. The average molecular weight is 500 g/mol. The first-order valence-electron chi connectivity index (χ1n) is 10.7. The van der Waals surface area contributed by atoms with Crippen LogP contribution in [0.25, 0.3) is 0 Å². The Hall–Kier alpha value is -2.73. The maximum Gasteiger partial charge on any atom is 0.286 e. The Kier molecular flexibility index (Phi) is 5.95. The van der Waals surface area contributed by atoms with Crippen LogP contribution >= 0.6 is 34.8 Å². The molecule has 33 heavy (non-hydrogen) atoms. The van der Waals surface area contributed by atoms with E-state index in [-0.39, 0.29) is 17.9 Å². The van der Waals surface area contributed by atoms with E-state index in [1.54, 1.807) is 17.1 Å². The van der Waals surface area contributed by atoms with Gasteiger partial charge >= 0.3 is 0 Å². The van der Waals surface area contributed by atoms with Gasteiger partial charge in [-0.05, 0) is 53.9 Å². The van der Waals surface area contributed by atoms with Gasteiger partial charge in [0.05, 0.1) is 22.4 Å². The topological polar surface area (TPSA) is 47.9 Å². The molecular formula is C25H21Cl3N4O. The Morgan fingerprint density at radius 1 is 0.970 bits per heavy atom. The highest BCUT2D eigenvalue weighted by atomic mass is 35.5. The molecule has 0 radical (unpaired) electrons. The lowest BCUT2D eigenvalue weighted by molar-refractivity contribution is -0.115. The molecule has 1 N–H and O–H groups in total. The molecule has 0 bridgehead atoms. The smallest absolute Gasteiger partial charge is 0.285 e. The van der Waals surface area contributed by atoms with Crippen LogP contribution in [0.3, 0.4) is 0 Å². The van der Waals surface area contributed by atoms with Crippen molar-refractivity contribution in [3.05, 3.63) is 92.9 Å². The van der Waals surface area contributed by atoms with Gasteiger partial charge in [-0.1, -0.05) is 72.1 Å². The minimum atomic E-state index is -0.231. The third-order valence-electron chi connectivity index (χ3n) is 6.11. The van der Waals surface area contributed by atoms with Crippen LogP contribution in [0, 0.1) is 5.92 Å². The number of hydrazine groups is 1. The minimum Gasteiger partial charge on any atom is -0.285 e. The summed E-state index contributed by atoms with van der Waals surface area (Å²) in [5.41, 5.74) is 7.38. The summed E-state index contributed by atoms with van der Waals surface area (Å²) in [6.45, 7) is 2.72. The van der Waals surface area contributed by atoms with E-state index in [1.165, 1.54) is 5.56 Å². The lowest BCUT2D eigenvalue weighted by Gasteiger charge is -2.27. The van der Waals surface area contributed by atoms with Gasteiger partial charge in [0.2, 0.25) is 0 Å². The number of benzene rings is 3. The number of rotatable bonds is 4. The van der Waals surface area contributed by atoms with Crippen molar-refractivity contribution in [2.24, 2.45) is 11.0 Å². The SMILES string of the molecule is C[C@@H]1C(C(=O)NN2CCc3ccccc32)=NN(c2ccc(Cl)cc2Cl)[C@@H]1c1ccc(Cl)cc1. The number of hydrogen-bond donors (Lipinski definition) is 1. The van der Waals surface area contributed by atoms with Crippen molar-refractivity contribution in [2.45, 2.75) is 19.4 Å². The van der Waals surface area contributed by atoms with Crippen molar-refractivity contribution in [2.75, 3.05) is 16.6 Å². The maximum absolute atomic E-state index is 13.4. The molecule has 0 fully saturated rings. The number of carbonyl (C=O) groups excluding carboxylic acids is 1. The number of carbonyl (C=O) groups is 1. The molecule has 2 aliphatic heterocycles. The number of para-hydroxylation sites is 1. The van der Waals surface area contributed by atoms with Crippen molar-refractivity contribution in [3.63, 3.8) is 0 Å². The summed E-state index contributed by atoms with van der Waals surface area (Å²) in [6, 6.07) is 20.7. The van der Waals surface area contributed by atoms with Crippen molar-refractivity contribution in [1.29, 1.82) is 0 Å². The molecule has 0 saturated carbocycles. The number of nitrogens with one attached hydrogen (secondary N) is 1. The standard InChI is InChI=1S/C25H21Cl3N4O/c1-15-23(25(33)30-31-13-12-16-4-2-3-5-21(16)31)29-32(22-11-10-19(27)14-20(22)28)24(15)17-6-8-18(26)9-7-17/h2-11,14-15,24H,12-13H2,1H3,(H,30,33)/t15-,24+/m1/s1. The third-order valence-corrected chi connectivity index (χ3v) is 6.90. The molecule has 0 aromatic heterocycles. The zero-order valence-electron chi connectivity index (χ0n) is 17.8. The van der Waals surface area contributed by atoms with Crippen LogP contribution in [-0.4, -0.2) is 18.2 Å². The largest absolute Gasteiger partial charge is 0.286 e. The molecule has 2 heterocycles. The fourth-order valence-electron chi connectivity index (χ4n) is 4.48. The van der Waals surface area contributed by atoms with Crippen LogP contribution in [-0.2, 0) is 11.2 Å². The fraction of sp³-hybridized carbons (Fsp3) is 0.200. The third kappa shape index (κ3) is 4.17. The molecule has 0 aliphatic carbocycles. The van der Waals surface area contributed by atoms with E-state index >= 15 is 0 Å². The molecule has 5 rings (SSSR count). The van der Waals surface area contributed by atoms with Crippen LogP contribution in [0.5, 0.6) is 0 Å². The Labute approximate surface area is 207 Å². The molecule has 0 spiro atoms. The highest BCUT2D eigenvalue weighted by Gasteiger charge is 2.40. The van der Waals surface area contributed by atoms with Crippen molar-refractivity contribution < 1.29 is 4.79 Å². The highest BCUT2D eigenvalue weighted by molar-refractivity contribution is 6.41. The minimum absolute atomic E-state index is 0.198. The van der Waals surface area contributed by atoms with Crippen molar-refractivity contribution >= 4 is 57.8 Å². The van der Waals surface area contributed by atoms with Gasteiger partial charge in [-0.3, -0.25) is 20.2 Å². The number of anilines is 2. The number of hydrogen-bond acceptors (Lipinski definition) is 4. The van der Waals surface area contributed by atoms with E-state index in [4.69, 9.17) is 39.9 Å². The van der Waals surface area contributed by atoms with E-state index in [9.17, 15) is 4.79 Å². The summed E-state index contributed by atoms with van der Waals surface area (Å²) < 4.78 is 0. The summed E-state index contributed by atoms with van der Waals surface area (Å²) in [6.07, 6.45) is 0.887. The number of hydrazone groups is 1. The second-order valence-electron chi connectivity index (χ2n) is 8.18. The Balaban J connectivity index is 1.49. The predicted molar refractivity (Wildman–Crippen MR) is 135 cm³/mol. The van der Waals surface area contributed by atoms with Gasteiger partial charge in [0.25, 0.3) is 5.91 Å². The van der Waals surface area contributed by atoms with Crippen LogP contribution < -0.4 is 15.4 Å². The molecular weight excluding hydrogens is 479 g/mol. The van der Waals surface area contributed by atoms with Gasteiger partial charge in [0.1, 0.15) is 5.71 Å². The predicted octanol–water partition coefficient (Wildman–Crippen LogP) is 6.29. The molecule has 1 amide bonds. The number of fused-ring (bicyclic) bond motifs is 1. The second-order valence-corrected chi connectivity index (χ2v) is 9.46. The van der Waals surface area contributed by atoms with E-state index in [0.29, 0.717) is 26.5 Å². The summed E-state index contributed by atoms with van der Waals surface area (Å²) in [7, 11) is 0. The molecule has 2 atom stereocenters. The average Bonchev–Trinajstić information content (AvgIpc) is 3.36. The quantitative estimate of drug-likeness (QED) is 0.459. The molecule has 0 unspecified atom stereocenters. The molecule has 8 heteroatoms. The Morgan fingerprint density at radius 3 is 2.45 bits per heavy atom. The van der Waals surface area contributed by atoms with Gasteiger partial charge in [0.15, 0.2) is 0 Å². The lowest BCUT2D eigenvalue weighted by Crippen LogP contribution is -2.45. The summed E-state index contributed by atoms with van der Waals surface area (Å²) >= 11 is 18.8. The lowest BCUT2D eigenvalue weighted by atomic mass is 9.91. The highest BCUT2D eigenvalue weighted by Crippen LogP contribution is 2.42. The Bertz CT molecular complexity index is 1240. The van der Waals surface area contributed by atoms with Crippen molar-refractivity contribution in [1.82, 2.24) is 5.43 Å². The molecule has 3 aromatic rings. The zero-order valence-corrected chi connectivity index (χ0v) is 20.1. The molecule has 5 nitrogen and oxygen atoms in total. The van der Waals surface area contributed by atoms with E-state index in [0.717, 1.165) is 24.2 Å². The van der Waals surface area contributed by atoms with Crippen LogP contribution in [0.15, 0.2) is 71.8 Å². The van der Waals surface area contributed by atoms with Gasteiger partial charge in [-0.15, -0.1) is 0 Å². The fourth-order valence-corrected chi connectivity index (χ4v) is 5.10. The molecule has 168 valence electrons. The first kappa shape index (κ1) is 22.1. The van der Waals surface area contributed by atoms with E-state index in [1.807, 2.05) is 60.5 Å². The first-order chi connectivity index (χ1) is 15.9. The van der Waals surface area contributed by atoms with Crippen LogP contribution in [0.1, 0.15) is 24.1 Å². The Morgan fingerprint density at radius 2 is 1.70 bits per heavy atom. The van der Waals surface area contributed by atoms with Crippen LogP contribution in [0.4, 0.5) is 11.4 Å². The second kappa shape index (κ2) is 8.90. The first-order valence-corrected chi connectivity index (χ1v) is 11.8. The number of nitrogens with zero attached hydrogens (tertiary/aromatic N) is 3. The molecule has 2 aliphatic rings. The summed E-state index contributed by atoms with van der Waals surface area (Å²) in [4.78, 5) is 13.4. The van der Waals surface area contributed by atoms with Gasteiger partial charge in [-0.2, -0.15) is 5.10 Å². The van der Waals surface area contributed by atoms with E-state index in [2.05, 4.69) is 11.5 Å². The molecule has 3 aromatic carbocycles. The summed E-state index contributed by atoms with van der Waals surface area (Å²) in [5.74, 6) is -0.429. The van der Waals surface area contributed by atoms with Gasteiger partial charge < -0.3 is 0 Å². The van der Waals surface area contributed by atoms with Gasteiger partial charge in [0, 0.05) is 22.5 Å². The number of amides is 1. The van der Waals surface area contributed by atoms with Gasteiger partial charge in [-0.25, -0.2) is 0 Å². The van der Waals surface area contributed by atoms with E-state index < -0.39 is 0 Å². The monoisotopic (exact) mass is 498 g/mol.